The van der Waals surface area contributed by atoms with Crippen LogP contribution in [0.5, 0.6) is 0 Å². The molecule has 20 heavy (non-hydrogen) atoms. The Morgan fingerprint density at radius 1 is 1.45 bits per heavy atom. The average Bonchev–Trinajstić information content (AvgIpc) is 2.81. The van der Waals surface area contributed by atoms with Gasteiger partial charge < -0.3 is 9.30 Å². The summed E-state index contributed by atoms with van der Waals surface area (Å²) in [5.41, 5.74) is 2.16. The first-order valence-electron chi connectivity index (χ1n) is 6.29. The number of ether oxygens (including phenoxy) is 1. The molecule has 0 spiro atoms. The predicted octanol–water partition coefficient (Wildman–Crippen LogP) is 2.49. The number of hydrogen-bond acceptors (Lipinski definition) is 3. The Morgan fingerprint density at radius 2 is 2.25 bits per heavy atom. The maximum Gasteiger partial charge on any atom is 0.262 e. The van der Waals surface area contributed by atoms with Crippen LogP contribution in [0.15, 0.2) is 23.0 Å². The van der Waals surface area contributed by atoms with E-state index >= 15 is 0 Å². The lowest BCUT2D eigenvalue weighted by atomic mass is 10.1. The van der Waals surface area contributed by atoms with E-state index in [1.54, 1.807) is 23.8 Å². The van der Waals surface area contributed by atoms with Crippen molar-refractivity contribution < 1.29 is 4.74 Å². The Labute approximate surface area is 120 Å². The minimum absolute atomic E-state index is 0.0712. The monoisotopic (exact) mass is 291 g/mol. The summed E-state index contributed by atoms with van der Waals surface area (Å²) in [6, 6.07) is 5.49. The van der Waals surface area contributed by atoms with Crippen molar-refractivity contribution in [3.8, 4) is 0 Å². The number of rotatable bonds is 3. The molecular formula is C14H14ClN3O2. The van der Waals surface area contributed by atoms with Gasteiger partial charge >= 0.3 is 0 Å². The Balaban J connectivity index is 2.47. The number of hydrogen-bond donors (Lipinski definition) is 1. The molecule has 6 heteroatoms. The van der Waals surface area contributed by atoms with Gasteiger partial charge in [0.1, 0.15) is 5.52 Å². The zero-order chi connectivity index (χ0) is 14.3. The van der Waals surface area contributed by atoms with E-state index in [9.17, 15) is 4.79 Å². The summed E-state index contributed by atoms with van der Waals surface area (Å²) in [5, 5.41) is 9.25. The van der Waals surface area contributed by atoms with Gasteiger partial charge in [-0.25, -0.2) is 0 Å². The van der Waals surface area contributed by atoms with Crippen LogP contribution < -0.4 is 5.56 Å². The lowest BCUT2D eigenvalue weighted by Gasteiger charge is -2.11. The number of halogens is 1. The van der Waals surface area contributed by atoms with Gasteiger partial charge in [0.15, 0.2) is 0 Å². The van der Waals surface area contributed by atoms with E-state index in [-0.39, 0.29) is 5.56 Å². The molecule has 0 saturated heterocycles. The molecule has 0 amide bonds. The van der Waals surface area contributed by atoms with E-state index in [2.05, 4.69) is 10.2 Å². The van der Waals surface area contributed by atoms with Crippen molar-refractivity contribution >= 4 is 33.4 Å². The number of nitrogens with one attached hydrogen (secondary N) is 1. The molecule has 2 heterocycles. The van der Waals surface area contributed by atoms with E-state index in [4.69, 9.17) is 16.3 Å². The van der Waals surface area contributed by atoms with Crippen LogP contribution in [0.3, 0.4) is 0 Å². The number of pyridine rings is 1. The number of benzene rings is 1. The Bertz CT molecular complexity index is 851. The second kappa shape index (κ2) is 4.92. The smallest absolute Gasteiger partial charge is 0.262 e. The number of fused-ring (bicyclic) bond motifs is 3. The van der Waals surface area contributed by atoms with Crippen LogP contribution in [0, 0.1) is 6.92 Å². The predicted molar refractivity (Wildman–Crippen MR) is 79.5 cm³/mol. The summed E-state index contributed by atoms with van der Waals surface area (Å²) in [6.07, 6.45) is 0. The van der Waals surface area contributed by atoms with Gasteiger partial charge in [-0.05, 0) is 25.1 Å². The maximum absolute atomic E-state index is 12.6. The highest BCUT2D eigenvalue weighted by Crippen LogP contribution is 2.25. The van der Waals surface area contributed by atoms with Gasteiger partial charge in [-0.3, -0.25) is 9.89 Å². The topological polar surface area (TPSA) is 59.9 Å². The molecule has 3 rings (SSSR count). The van der Waals surface area contributed by atoms with Crippen molar-refractivity contribution in [3.63, 3.8) is 0 Å². The fourth-order valence-electron chi connectivity index (χ4n) is 2.46. The largest absolute Gasteiger partial charge is 0.383 e. The third-order valence-corrected chi connectivity index (χ3v) is 3.67. The summed E-state index contributed by atoms with van der Waals surface area (Å²) in [4.78, 5) is 12.6. The number of nitrogens with zero attached hydrogens (tertiary/aromatic N) is 2. The second-order valence-electron chi connectivity index (χ2n) is 4.68. The minimum atomic E-state index is -0.0712. The lowest BCUT2D eigenvalue weighted by Crippen LogP contribution is -2.23. The van der Waals surface area contributed by atoms with Crippen molar-refractivity contribution in [3.05, 3.63) is 39.3 Å². The van der Waals surface area contributed by atoms with Gasteiger partial charge in [-0.1, -0.05) is 11.6 Å². The van der Waals surface area contributed by atoms with E-state index in [1.165, 1.54) is 0 Å². The van der Waals surface area contributed by atoms with Crippen molar-refractivity contribution in [1.29, 1.82) is 0 Å². The third-order valence-electron chi connectivity index (χ3n) is 3.43. The fourth-order valence-corrected chi connectivity index (χ4v) is 2.63. The van der Waals surface area contributed by atoms with Crippen LogP contribution in [-0.2, 0) is 11.3 Å². The summed E-state index contributed by atoms with van der Waals surface area (Å²) in [5.74, 6) is 0. The van der Waals surface area contributed by atoms with Crippen LogP contribution in [0.25, 0.3) is 21.8 Å². The summed E-state index contributed by atoms with van der Waals surface area (Å²) in [7, 11) is 1.61. The first kappa shape index (κ1) is 13.1. The van der Waals surface area contributed by atoms with Crippen molar-refractivity contribution in [1.82, 2.24) is 14.8 Å². The van der Waals surface area contributed by atoms with Gasteiger partial charge in [0.2, 0.25) is 0 Å². The molecule has 0 fully saturated rings. The molecule has 0 aliphatic rings. The van der Waals surface area contributed by atoms with Gasteiger partial charge in [-0.15, -0.1) is 0 Å². The first-order chi connectivity index (χ1) is 9.63. The summed E-state index contributed by atoms with van der Waals surface area (Å²) >= 11 is 6.06. The zero-order valence-electron chi connectivity index (χ0n) is 11.2. The van der Waals surface area contributed by atoms with E-state index in [0.29, 0.717) is 29.1 Å². The lowest BCUT2D eigenvalue weighted by molar-refractivity contribution is 0.187. The number of aromatic amines is 1. The third kappa shape index (κ3) is 1.90. The molecular weight excluding hydrogens is 278 g/mol. The normalized spacial score (nSPS) is 11.6. The van der Waals surface area contributed by atoms with Gasteiger partial charge in [0.25, 0.3) is 5.56 Å². The molecule has 1 aromatic carbocycles. The fraction of sp³-hybridized carbons (Fsp3) is 0.286. The highest BCUT2D eigenvalue weighted by atomic mass is 35.5. The quantitative estimate of drug-likeness (QED) is 0.806. The van der Waals surface area contributed by atoms with Crippen LogP contribution in [0.2, 0.25) is 5.02 Å². The van der Waals surface area contributed by atoms with Crippen molar-refractivity contribution in [2.45, 2.75) is 13.5 Å². The molecule has 1 N–H and O–H groups in total. The number of methoxy groups -OCH3 is 1. The SMILES string of the molecule is COCCn1c(=O)c2c(C)[nH]nc2c2ccc(Cl)cc21. The molecule has 0 aliphatic heterocycles. The first-order valence-corrected chi connectivity index (χ1v) is 6.67. The van der Waals surface area contributed by atoms with Gasteiger partial charge in [0, 0.05) is 29.8 Å². The van der Waals surface area contributed by atoms with Crippen molar-refractivity contribution in [2.24, 2.45) is 0 Å². The molecule has 0 saturated carbocycles. The Morgan fingerprint density at radius 3 is 3.00 bits per heavy atom. The Hall–Kier alpha value is -1.85. The molecule has 0 unspecified atom stereocenters. The van der Waals surface area contributed by atoms with Gasteiger partial charge in [-0.2, -0.15) is 5.10 Å². The number of aromatic nitrogens is 3. The molecule has 0 aliphatic carbocycles. The highest BCUT2D eigenvalue weighted by Gasteiger charge is 2.15. The Kier molecular flexibility index (Phi) is 3.23. The summed E-state index contributed by atoms with van der Waals surface area (Å²) in [6.45, 7) is 2.79. The van der Waals surface area contributed by atoms with Crippen molar-refractivity contribution in [2.75, 3.05) is 13.7 Å². The zero-order valence-corrected chi connectivity index (χ0v) is 12.0. The minimum Gasteiger partial charge on any atom is -0.383 e. The van der Waals surface area contributed by atoms with E-state index in [0.717, 1.165) is 16.6 Å². The molecule has 0 radical (unpaired) electrons. The maximum atomic E-state index is 12.6. The van der Waals surface area contributed by atoms with Gasteiger partial charge in [0.05, 0.1) is 17.5 Å². The standard InChI is InChI=1S/C14H14ClN3O2/c1-8-12-13(17-16-8)10-4-3-9(15)7-11(10)18(14(12)19)5-6-20-2/h3-4,7H,5-6H2,1-2H3,(H,16,17). The molecule has 104 valence electrons. The second-order valence-corrected chi connectivity index (χ2v) is 5.12. The molecule has 0 bridgehead atoms. The van der Waals surface area contributed by atoms with Crippen LogP contribution in [-0.4, -0.2) is 28.5 Å². The van der Waals surface area contributed by atoms with Crippen LogP contribution in [0.4, 0.5) is 0 Å². The number of aryl methyl sites for hydroxylation is 1. The average molecular weight is 292 g/mol. The van der Waals surface area contributed by atoms with E-state index < -0.39 is 0 Å². The van der Waals surface area contributed by atoms with Crippen LogP contribution in [0.1, 0.15) is 5.69 Å². The molecule has 2 aromatic heterocycles. The van der Waals surface area contributed by atoms with E-state index in [1.807, 2.05) is 13.0 Å². The molecule has 5 nitrogen and oxygen atoms in total. The number of H-pyrrole nitrogens is 1. The molecule has 3 aromatic rings. The summed E-state index contributed by atoms with van der Waals surface area (Å²) < 4.78 is 6.78. The van der Waals surface area contributed by atoms with Crippen LogP contribution >= 0.6 is 11.6 Å². The highest BCUT2D eigenvalue weighted by molar-refractivity contribution is 6.31. The molecule has 0 atom stereocenters.